The molecule has 0 amide bonds. The monoisotopic (exact) mass is 444 g/mol. The number of hydrogen-bond donors (Lipinski definition) is 2. The summed E-state index contributed by atoms with van der Waals surface area (Å²) in [5.74, 6) is -1.13. The van der Waals surface area contributed by atoms with Crippen molar-refractivity contribution in [3.63, 3.8) is 0 Å². The third kappa shape index (κ3) is 4.95. The lowest BCUT2D eigenvalue weighted by molar-refractivity contribution is 0.0695. The van der Waals surface area contributed by atoms with Gasteiger partial charge in [0.25, 0.3) is 0 Å². The van der Waals surface area contributed by atoms with E-state index in [1.54, 1.807) is 17.4 Å². The van der Waals surface area contributed by atoms with Crippen molar-refractivity contribution in [2.45, 2.75) is 38.5 Å². The van der Waals surface area contributed by atoms with E-state index < -0.39 is 16.0 Å². The van der Waals surface area contributed by atoms with Crippen LogP contribution in [-0.2, 0) is 22.9 Å². The van der Waals surface area contributed by atoms with E-state index in [9.17, 15) is 18.3 Å². The quantitative estimate of drug-likeness (QED) is 0.543. The van der Waals surface area contributed by atoms with Crippen LogP contribution in [0.1, 0.15) is 39.0 Å². The minimum atomic E-state index is -3.81. The number of aromatic carboxylic acids is 1. The van der Waals surface area contributed by atoms with Gasteiger partial charge in [0.15, 0.2) is 0 Å². The van der Waals surface area contributed by atoms with Crippen molar-refractivity contribution in [2.75, 3.05) is 6.54 Å². The van der Waals surface area contributed by atoms with E-state index in [0.717, 1.165) is 21.1 Å². The number of nitrogens with zero attached hydrogens (tertiary/aromatic N) is 1. The number of carbonyl (C=O) groups is 1. The fraction of sp³-hybridized carbons (Fsp3) is 0.273. The van der Waals surface area contributed by atoms with Crippen molar-refractivity contribution >= 4 is 27.3 Å². The van der Waals surface area contributed by atoms with Crippen LogP contribution >= 0.6 is 11.3 Å². The molecular formula is C22H24N2O4S2. The lowest BCUT2D eigenvalue weighted by Crippen LogP contribution is -2.26. The Kier molecular flexibility index (Phi) is 6.70. The summed E-state index contributed by atoms with van der Waals surface area (Å²) in [5.41, 5.74) is 3.69. The highest BCUT2D eigenvalue weighted by atomic mass is 32.2. The van der Waals surface area contributed by atoms with Crippen molar-refractivity contribution in [1.82, 2.24) is 9.71 Å². The number of aryl methyl sites for hydroxylation is 3. The molecule has 0 aliphatic carbocycles. The fourth-order valence-corrected chi connectivity index (χ4v) is 5.12. The summed E-state index contributed by atoms with van der Waals surface area (Å²) < 4.78 is 27.8. The highest BCUT2D eigenvalue weighted by Gasteiger charge is 2.19. The van der Waals surface area contributed by atoms with Gasteiger partial charge < -0.3 is 5.11 Å². The first-order chi connectivity index (χ1) is 14.2. The average molecular weight is 445 g/mol. The number of sulfonamides is 1. The summed E-state index contributed by atoms with van der Waals surface area (Å²) in [6.45, 7) is 6.01. The van der Waals surface area contributed by atoms with Gasteiger partial charge in [0, 0.05) is 23.4 Å². The summed E-state index contributed by atoms with van der Waals surface area (Å²) in [7, 11) is -3.81. The third-order valence-corrected chi connectivity index (χ3v) is 7.37. The molecule has 0 unspecified atom stereocenters. The molecule has 2 N–H and O–H groups in total. The van der Waals surface area contributed by atoms with E-state index in [2.05, 4.69) is 9.71 Å². The minimum absolute atomic E-state index is 0.0125. The molecule has 0 fully saturated rings. The smallest absolute Gasteiger partial charge is 0.336 e. The van der Waals surface area contributed by atoms with Gasteiger partial charge in [0.05, 0.1) is 16.2 Å². The molecule has 2 aromatic carbocycles. The number of hydrogen-bond acceptors (Lipinski definition) is 5. The largest absolute Gasteiger partial charge is 0.478 e. The molecule has 0 saturated heterocycles. The van der Waals surface area contributed by atoms with Gasteiger partial charge in [0.1, 0.15) is 5.01 Å². The molecule has 0 aliphatic heterocycles. The topological polar surface area (TPSA) is 96.4 Å². The number of thiazole rings is 1. The van der Waals surface area contributed by atoms with Crippen LogP contribution in [0.4, 0.5) is 0 Å². The van der Waals surface area contributed by atoms with E-state index in [1.807, 2.05) is 45.0 Å². The van der Waals surface area contributed by atoms with E-state index in [0.29, 0.717) is 18.4 Å². The Morgan fingerprint density at radius 3 is 2.47 bits per heavy atom. The van der Waals surface area contributed by atoms with E-state index in [-0.39, 0.29) is 17.0 Å². The van der Waals surface area contributed by atoms with Gasteiger partial charge in [-0.3, -0.25) is 0 Å². The van der Waals surface area contributed by atoms with Crippen LogP contribution in [0.3, 0.4) is 0 Å². The second-order valence-electron chi connectivity index (χ2n) is 7.01. The number of aromatic nitrogens is 1. The third-order valence-electron chi connectivity index (χ3n) is 4.85. The Morgan fingerprint density at radius 2 is 1.83 bits per heavy atom. The maximum absolute atomic E-state index is 12.6. The molecule has 0 radical (unpaired) electrons. The summed E-state index contributed by atoms with van der Waals surface area (Å²) >= 11 is 1.58. The number of carboxylic acids is 1. The number of nitrogens with one attached hydrogen (secondary N) is 1. The number of rotatable bonds is 8. The second kappa shape index (κ2) is 9.07. The summed E-state index contributed by atoms with van der Waals surface area (Å²) in [4.78, 5) is 17.1. The maximum Gasteiger partial charge on any atom is 0.336 e. The van der Waals surface area contributed by atoms with Gasteiger partial charge in [0.2, 0.25) is 10.0 Å². The molecule has 1 aromatic heterocycles. The maximum atomic E-state index is 12.6. The summed E-state index contributed by atoms with van der Waals surface area (Å²) in [6.07, 6.45) is 0.966. The van der Waals surface area contributed by atoms with Crippen LogP contribution in [0.25, 0.3) is 10.6 Å². The van der Waals surface area contributed by atoms with Gasteiger partial charge in [-0.15, -0.1) is 11.3 Å². The van der Waals surface area contributed by atoms with Crippen LogP contribution in [0.15, 0.2) is 47.4 Å². The summed E-state index contributed by atoms with van der Waals surface area (Å²) in [5, 5.41) is 10.2. The lowest BCUT2D eigenvalue weighted by Gasteiger charge is -2.09. The molecule has 0 aliphatic rings. The van der Waals surface area contributed by atoms with Crippen LogP contribution < -0.4 is 4.72 Å². The second-order valence-corrected chi connectivity index (χ2v) is 9.98. The van der Waals surface area contributed by atoms with Crippen molar-refractivity contribution < 1.29 is 18.3 Å². The Hall–Kier alpha value is -2.55. The molecule has 3 rings (SSSR count). The van der Waals surface area contributed by atoms with Crippen molar-refractivity contribution in [3.05, 3.63) is 69.7 Å². The highest BCUT2D eigenvalue weighted by Crippen LogP contribution is 2.28. The molecule has 0 spiro atoms. The van der Waals surface area contributed by atoms with Gasteiger partial charge in [-0.05, 0) is 38.0 Å². The van der Waals surface area contributed by atoms with Crippen LogP contribution in [0.2, 0.25) is 0 Å². The zero-order valence-electron chi connectivity index (χ0n) is 17.1. The lowest BCUT2D eigenvalue weighted by atomic mass is 10.1. The molecule has 0 bridgehead atoms. The highest BCUT2D eigenvalue weighted by molar-refractivity contribution is 7.89. The van der Waals surface area contributed by atoms with Gasteiger partial charge in [-0.2, -0.15) is 0 Å². The van der Waals surface area contributed by atoms with Crippen molar-refractivity contribution in [2.24, 2.45) is 0 Å². The molecule has 3 aromatic rings. The van der Waals surface area contributed by atoms with E-state index in [1.165, 1.54) is 17.7 Å². The Labute approximate surface area is 180 Å². The fourth-order valence-electron chi connectivity index (χ4n) is 3.10. The minimum Gasteiger partial charge on any atom is -0.478 e. The molecule has 30 heavy (non-hydrogen) atoms. The van der Waals surface area contributed by atoms with Gasteiger partial charge in [-0.1, -0.05) is 42.8 Å². The predicted molar refractivity (Wildman–Crippen MR) is 119 cm³/mol. The zero-order valence-corrected chi connectivity index (χ0v) is 18.7. The molecule has 6 nitrogen and oxygen atoms in total. The van der Waals surface area contributed by atoms with Crippen molar-refractivity contribution in [1.29, 1.82) is 0 Å². The number of carboxylic acid groups (broad SMARTS) is 1. The van der Waals surface area contributed by atoms with E-state index >= 15 is 0 Å². The van der Waals surface area contributed by atoms with Gasteiger partial charge in [-0.25, -0.2) is 22.9 Å². The van der Waals surface area contributed by atoms with Gasteiger partial charge >= 0.3 is 5.97 Å². The Balaban J connectivity index is 1.71. The predicted octanol–water partition coefficient (Wildman–Crippen LogP) is 4.21. The standard InChI is InChI=1S/C22H24N2O4S2/c1-4-16-9-10-18(13-19(16)22(25)26)30(27,28)23-12-11-20-15(3)29-21(24-20)17-7-5-14(2)6-8-17/h5-10,13,23H,4,11-12H2,1-3H3,(H,25,26). The molecule has 8 heteroatoms. The van der Waals surface area contributed by atoms with E-state index in [4.69, 9.17) is 0 Å². The normalized spacial score (nSPS) is 11.6. The van der Waals surface area contributed by atoms with Crippen LogP contribution in [0.5, 0.6) is 0 Å². The first-order valence-corrected chi connectivity index (χ1v) is 11.9. The van der Waals surface area contributed by atoms with Crippen LogP contribution in [-0.4, -0.2) is 31.0 Å². The summed E-state index contributed by atoms with van der Waals surface area (Å²) in [6, 6.07) is 12.3. The Morgan fingerprint density at radius 1 is 1.13 bits per heavy atom. The molecule has 1 heterocycles. The van der Waals surface area contributed by atoms with Crippen molar-refractivity contribution in [3.8, 4) is 10.6 Å². The van der Waals surface area contributed by atoms with Crippen LogP contribution in [0, 0.1) is 13.8 Å². The Bertz CT molecular complexity index is 1170. The first kappa shape index (κ1) is 22.1. The SMILES string of the molecule is CCc1ccc(S(=O)(=O)NCCc2nc(-c3ccc(C)cc3)sc2C)cc1C(=O)O. The number of benzene rings is 2. The molecule has 0 atom stereocenters. The molecule has 158 valence electrons. The molecular weight excluding hydrogens is 420 g/mol. The molecule has 0 saturated carbocycles. The zero-order chi connectivity index (χ0) is 21.9. The first-order valence-electron chi connectivity index (χ1n) is 9.60. The average Bonchev–Trinajstić information content (AvgIpc) is 3.08.